The Morgan fingerprint density at radius 1 is 1.42 bits per heavy atom. The van der Waals surface area contributed by atoms with E-state index in [4.69, 9.17) is 0 Å². The van der Waals surface area contributed by atoms with Gasteiger partial charge < -0.3 is 15.3 Å². The first-order chi connectivity index (χ1) is 8.69. The molecule has 1 rings (SSSR count). The summed E-state index contributed by atoms with van der Waals surface area (Å²) < 4.78 is 0. The van der Waals surface area contributed by atoms with Crippen LogP contribution >= 0.6 is 11.3 Å². The molecule has 0 saturated heterocycles. The van der Waals surface area contributed by atoms with Crippen molar-refractivity contribution in [3.63, 3.8) is 0 Å². The SMILES string of the molecule is Cc1ccc(C(=O)NCC(=O)N(C)CC(C)(C)O)s1. The van der Waals surface area contributed by atoms with Crippen LogP contribution in [0.5, 0.6) is 0 Å². The van der Waals surface area contributed by atoms with Gasteiger partial charge in [0, 0.05) is 18.5 Å². The van der Waals surface area contributed by atoms with Gasteiger partial charge in [-0.25, -0.2) is 0 Å². The lowest BCUT2D eigenvalue weighted by atomic mass is 10.1. The van der Waals surface area contributed by atoms with Crippen LogP contribution in [0.4, 0.5) is 0 Å². The summed E-state index contributed by atoms with van der Waals surface area (Å²) >= 11 is 1.39. The maximum absolute atomic E-state index is 11.8. The third-order valence-electron chi connectivity index (χ3n) is 2.41. The Hall–Kier alpha value is -1.40. The van der Waals surface area contributed by atoms with Gasteiger partial charge in [0.15, 0.2) is 0 Å². The van der Waals surface area contributed by atoms with E-state index in [0.717, 1.165) is 4.88 Å². The van der Waals surface area contributed by atoms with Crippen molar-refractivity contribution in [3.05, 3.63) is 21.9 Å². The highest BCUT2D eigenvalue weighted by molar-refractivity contribution is 7.13. The molecule has 1 aromatic heterocycles. The van der Waals surface area contributed by atoms with Crippen molar-refractivity contribution in [3.8, 4) is 0 Å². The fourth-order valence-corrected chi connectivity index (χ4v) is 2.39. The Morgan fingerprint density at radius 2 is 2.05 bits per heavy atom. The van der Waals surface area contributed by atoms with Gasteiger partial charge in [-0.15, -0.1) is 11.3 Å². The monoisotopic (exact) mass is 284 g/mol. The van der Waals surface area contributed by atoms with E-state index in [1.807, 2.05) is 13.0 Å². The molecule has 0 aliphatic carbocycles. The molecule has 0 atom stereocenters. The van der Waals surface area contributed by atoms with E-state index < -0.39 is 5.60 Å². The molecule has 0 bridgehead atoms. The van der Waals surface area contributed by atoms with Crippen LogP contribution in [0.2, 0.25) is 0 Å². The van der Waals surface area contributed by atoms with E-state index in [1.165, 1.54) is 16.2 Å². The van der Waals surface area contributed by atoms with Gasteiger partial charge in [0.1, 0.15) is 0 Å². The van der Waals surface area contributed by atoms with Crippen molar-refractivity contribution in [1.82, 2.24) is 10.2 Å². The molecule has 106 valence electrons. The number of aliphatic hydroxyl groups is 1. The summed E-state index contributed by atoms with van der Waals surface area (Å²) in [5, 5.41) is 12.2. The normalized spacial score (nSPS) is 11.2. The van der Waals surface area contributed by atoms with Crippen LogP contribution in [-0.2, 0) is 4.79 Å². The predicted octanol–water partition coefficient (Wildman–Crippen LogP) is 1.02. The van der Waals surface area contributed by atoms with Crippen molar-refractivity contribution in [2.75, 3.05) is 20.1 Å². The molecule has 0 fully saturated rings. The fraction of sp³-hybridized carbons (Fsp3) is 0.538. The molecule has 6 heteroatoms. The van der Waals surface area contributed by atoms with Gasteiger partial charge in [0.2, 0.25) is 5.91 Å². The van der Waals surface area contributed by atoms with Crippen LogP contribution in [0.15, 0.2) is 12.1 Å². The van der Waals surface area contributed by atoms with Crippen LogP contribution in [0, 0.1) is 6.92 Å². The smallest absolute Gasteiger partial charge is 0.261 e. The lowest BCUT2D eigenvalue weighted by Crippen LogP contribution is -2.44. The molecule has 0 aromatic carbocycles. The summed E-state index contributed by atoms with van der Waals surface area (Å²) in [6.45, 7) is 5.33. The van der Waals surface area contributed by atoms with E-state index in [1.54, 1.807) is 27.0 Å². The van der Waals surface area contributed by atoms with E-state index in [-0.39, 0.29) is 24.9 Å². The standard InChI is InChI=1S/C13H20N2O3S/c1-9-5-6-10(19-9)12(17)14-7-11(16)15(4)8-13(2,3)18/h5-6,18H,7-8H2,1-4H3,(H,14,17). The second kappa shape index (κ2) is 6.16. The Labute approximate surface area is 117 Å². The first-order valence-corrected chi connectivity index (χ1v) is 6.81. The van der Waals surface area contributed by atoms with Crippen LogP contribution in [-0.4, -0.2) is 47.6 Å². The van der Waals surface area contributed by atoms with Gasteiger partial charge in [-0.3, -0.25) is 9.59 Å². The van der Waals surface area contributed by atoms with E-state index >= 15 is 0 Å². The Balaban J connectivity index is 2.44. The van der Waals surface area contributed by atoms with Crippen LogP contribution in [0.25, 0.3) is 0 Å². The highest BCUT2D eigenvalue weighted by atomic mass is 32.1. The number of likely N-dealkylation sites (N-methyl/N-ethyl adjacent to an activating group) is 1. The summed E-state index contributed by atoms with van der Waals surface area (Å²) in [5.74, 6) is -0.480. The zero-order chi connectivity index (χ0) is 14.6. The van der Waals surface area contributed by atoms with Gasteiger partial charge >= 0.3 is 0 Å². The molecule has 1 heterocycles. The maximum atomic E-state index is 11.8. The number of nitrogens with one attached hydrogen (secondary N) is 1. The highest BCUT2D eigenvalue weighted by Gasteiger charge is 2.19. The molecule has 0 unspecified atom stereocenters. The number of hydrogen-bond acceptors (Lipinski definition) is 4. The van der Waals surface area contributed by atoms with Crippen molar-refractivity contribution in [1.29, 1.82) is 0 Å². The van der Waals surface area contributed by atoms with Crippen molar-refractivity contribution < 1.29 is 14.7 Å². The molecule has 5 nitrogen and oxygen atoms in total. The minimum absolute atomic E-state index is 0.0671. The Kier molecular flexibility index (Phi) is 5.08. The summed E-state index contributed by atoms with van der Waals surface area (Å²) in [4.78, 5) is 26.6. The number of nitrogens with zero attached hydrogens (tertiary/aromatic N) is 1. The highest BCUT2D eigenvalue weighted by Crippen LogP contribution is 2.14. The molecule has 0 saturated carbocycles. The summed E-state index contributed by atoms with van der Waals surface area (Å²) in [6.07, 6.45) is 0. The number of thiophene rings is 1. The lowest BCUT2D eigenvalue weighted by Gasteiger charge is -2.25. The van der Waals surface area contributed by atoms with E-state index in [0.29, 0.717) is 4.88 Å². The maximum Gasteiger partial charge on any atom is 0.261 e. The molecule has 2 amide bonds. The van der Waals surface area contributed by atoms with Gasteiger partial charge in [-0.2, -0.15) is 0 Å². The molecule has 19 heavy (non-hydrogen) atoms. The molecule has 2 N–H and O–H groups in total. The minimum atomic E-state index is -0.945. The van der Waals surface area contributed by atoms with Crippen LogP contribution < -0.4 is 5.32 Å². The number of rotatable bonds is 5. The molecular weight excluding hydrogens is 264 g/mol. The lowest BCUT2D eigenvalue weighted by molar-refractivity contribution is -0.131. The average molecular weight is 284 g/mol. The van der Waals surface area contributed by atoms with Gasteiger partial charge in [0.25, 0.3) is 5.91 Å². The second-order valence-corrected chi connectivity index (χ2v) is 6.44. The van der Waals surface area contributed by atoms with Crippen LogP contribution in [0.3, 0.4) is 0 Å². The first-order valence-electron chi connectivity index (χ1n) is 6.00. The molecular formula is C13H20N2O3S. The van der Waals surface area contributed by atoms with Gasteiger partial charge in [-0.05, 0) is 32.9 Å². The quantitative estimate of drug-likeness (QED) is 0.848. The molecule has 0 aliphatic rings. The second-order valence-electron chi connectivity index (χ2n) is 5.16. The summed E-state index contributed by atoms with van der Waals surface area (Å²) in [6, 6.07) is 3.60. The molecule has 0 radical (unpaired) electrons. The zero-order valence-electron chi connectivity index (χ0n) is 11.7. The summed E-state index contributed by atoms with van der Waals surface area (Å²) in [5.41, 5.74) is -0.945. The largest absolute Gasteiger partial charge is 0.389 e. The number of aryl methyl sites for hydroxylation is 1. The molecule has 0 spiro atoms. The van der Waals surface area contributed by atoms with Gasteiger partial charge in [-0.1, -0.05) is 0 Å². The number of amides is 2. The predicted molar refractivity (Wildman–Crippen MR) is 75.3 cm³/mol. The number of hydrogen-bond donors (Lipinski definition) is 2. The topological polar surface area (TPSA) is 69.6 Å². The Morgan fingerprint density at radius 3 is 2.53 bits per heavy atom. The van der Waals surface area contributed by atoms with Crippen molar-refractivity contribution in [2.24, 2.45) is 0 Å². The van der Waals surface area contributed by atoms with Crippen molar-refractivity contribution in [2.45, 2.75) is 26.4 Å². The zero-order valence-corrected chi connectivity index (χ0v) is 12.5. The molecule has 1 aromatic rings. The van der Waals surface area contributed by atoms with Crippen molar-refractivity contribution >= 4 is 23.2 Å². The molecule has 0 aliphatic heterocycles. The van der Waals surface area contributed by atoms with Crippen LogP contribution in [0.1, 0.15) is 28.4 Å². The first kappa shape index (κ1) is 15.7. The summed E-state index contributed by atoms with van der Waals surface area (Å²) in [7, 11) is 1.60. The third-order valence-corrected chi connectivity index (χ3v) is 3.41. The minimum Gasteiger partial charge on any atom is -0.389 e. The Bertz CT molecular complexity index is 463. The van der Waals surface area contributed by atoms with Gasteiger partial charge in [0.05, 0.1) is 17.0 Å². The van der Waals surface area contributed by atoms with E-state index in [9.17, 15) is 14.7 Å². The average Bonchev–Trinajstić information content (AvgIpc) is 2.69. The number of carbonyl (C=O) groups is 2. The fourth-order valence-electron chi connectivity index (χ4n) is 1.60. The van der Waals surface area contributed by atoms with E-state index in [2.05, 4.69) is 5.32 Å². The number of carbonyl (C=O) groups excluding carboxylic acids is 2. The third kappa shape index (κ3) is 5.40.